The molecule has 35 heavy (non-hydrogen) atoms. The lowest BCUT2D eigenvalue weighted by molar-refractivity contribution is 0.0992. The molecule has 0 aliphatic heterocycles. The summed E-state index contributed by atoms with van der Waals surface area (Å²) in [5, 5.41) is 7.55. The fraction of sp³-hybridized carbons (Fsp3) is 0.214. The van der Waals surface area contributed by atoms with Gasteiger partial charge in [-0.05, 0) is 61.7 Å². The van der Waals surface area contributed by atoms with E-state index in [9.17, 15) is 4.79 Å². The van der Waals surface area contributed by atoms with Crippen molar-refractivity contribution in [2.75, 3.05) is 12.4 Å². The van der Waals surface area contributed by atoms with E-state index in [4.69, 9.17) is 13.9 Å². The van der Waals surface area contributed by atoms with Gasteiger partial charge in [-0.15, -0.1) is 6.58 Å². The molecule has 0 aliphatic carbocycles. The van der Waals surface area contributed by atoms with Crippen LogP contribution in [0.5, 0.6) is 11.5 Å². The molecule has 4 rings (SSSR count). The first-order valence-corrected chi connectivity index (χ1v) is 11.4. The van der Waals surface area contributed by atoms with E-state index in [0.29, 0.717) is 24.4 Å². The Morgan fingerprint density at radius 2 is 1.97 bits per heavy atom. The molecule has 0 aliphatic rings. The normalized spacial score (nSPS) is 10.7. The monoisotopic (exact) mass is 471 g/mol. The van der Waals surface area contributed by atoms with Crippen LogP contribution in [0.2, 0.25) is 0 Å². The number of benzene rings is 2. The van der Waals surface area contributed by atoms with Crippen LogP contribution < -0.4 is 14.8 Å². The topological polar surface area (TPSA) is 78.5 Å². The van der Waals surface area contributed by atoms with Crippen molar-refractivity contribution in [2.45, 2.75) is 33.4 Å². The predicted octanol–water partition coefficient (Wildman–Crippen LogP) is 5.71. The van der Waals surface area contributed by atoms with Crippen LogP contribution in [-0.2, 0) is 19.6 Å². The molecule has 1 amide bonds. The molecule has 4 aromatic rings. The van der Waals surface area contributed by atoms with Crippen molar-refractivity contribution in [3.8, 4) is 11.5 Å². The van der Waals surface area contributed by atoms with Gasteiger partial charge in [0.25, 0.3) is 5.91 Å². The number of furan rings is 1. The summed E-state index contributed by atoms with van der Waals surface area (Å²) in [4.78, 5) is 12.9. The number of anilines is 1. The van der Waals surface area contributed by atoms with Crippen LogP contribution in [0.4, 0.5) is 5.69 Å². The third kappa shape index (κ3) is 5.63. The maximum Gasteiger partial charge on any atom is 0.291 e. The lowest BCUT2D eigenvalue weighted by Gasteiger charge is -2.09. The zero-order chi connectivity index (χ0) is 24.8. The zero-order valence-electron chi connectivity index (χ0n) is 20.2. The second kappa shape index (κ2) is 10.8. The molecule has 7 nitrogen and oxygen atoms in total. The molecule has 2 heterocycles. The number of nitrogens with zero attached hydrogens (tertiary/aromatic N) is 2. The van der Waals surface area contributed by atoms with Gasteiger partial charge in [-0.3, -0.25) is 9.48 Å². The molecule has 7 heteroatoms. The first kappa shape index (κ1) is 23.9. The molecule has 0 radical (unpaired) electrons. The van der Waals surface area contributed by atoms with Gasteiger partial charge in [-0.2, -0.15) is 5.10 Å². The van der Waals surface area contributed by atoms with Gasteiger partial charge in [0.1, 0.15) is 23.9 Å². The van der Waals surface area contributed by atoms with E-state index in [1.807, 2.05) is 73.1 Å². The summed E-state index contributed by atoms with van der Waals surface area (Å²) in [7, 11) is 1.64. The van der Waals surface area contributed by atoms with E-state index in [-0.39, 0.29) is 18.3 Å². The molecule has 0 fully saturated rings. The lowest BCUT2D eigenvalue weighted by Crippen LogP contribution is -2.12. The van der Waals surface area contributed by atoms with Crippen molar-refractivity contribution in [1.82, 2.24) is 9.78 Å². The average molecular weight is 472 g/mol. The standard InChI is InChI=1S/C28H29N3O4/c1-5-9-22-11-6-7-13-25(22)34-18-24-14-15-26(35-24)28(32)29-27-19(2)30-31(20(27)3)17-21-10-8-12-23(16-21)33-4/h5-8,10-16H,1,9,17-18H2,2-4H3,(H,29,32). The van der Waals surface area contributed by atoms with Gasteiger partial charge in [0.2, 0.25) is 0 Å². The van der Waals surface area contributed by atoms with Crippen molar-refractivity contribution in [3.05, 3.63) is 107 Å². The van der Waals surface area contributed by atoms with Gasteiger partial charge in [-0.25, -0.2) is 0 Å². The Balaban J connectivity index is 1.42. The van der Waals surface area contributed by atoms with Crippen molar-refractivity contribution < 1.29 is 18.7 Å². The van der Waals surface area contributed by atoms with E-state index in [1.165, 1.54) is 0 Å². The van der Waals surface area contributed by atoms with Crippen LogP contribution in [-0.4, -0.2) is 22.8 Å². The highest BCUT2D eigenvalue weighted by molar-refractivity contribution is 6.02. The Labute approximate surface area is 205 Å². The molecule has 0 atom stereocenters. The van der Waals surface area contributed by atoms with E-state index in [0.717, 1.165) is 34.0 Å². The molecule has 0 bridgehead atoms. The van der Waals surface area contributed by atoms with Crippen molar-refractivity contribution >= 4 is 11.6 Å². The van der Waals surface area contributed by atoms with Crippen LogP contribution in [0.25, 0.3) is 0 Å². The minimum atomic E-state index is -0.338. The number of rotatable bonds is 10. The van der Waals surface area contributed by atoms with E-state index in [2.05, 4.69) is 17.0 Å². The molecular weight excluding hydrogens is 442 g/mol. The number of carbonyl (C=O) groups is 1. The number of aromatic nitrogens is 2. The number of aryl methyl sites for hydroxylation is 1. The number of amides is 1. The minimum Gasteiger partial charge on any atom is -0.497 e. The van der Waals surface area contributed by atoms with Gasteiger partial charge >= 0.3 is 0 Å². The number of para-hydroxylation sites is 1. The summed E-state index contributed by atoms with van der Waals surface area (Å²) in [5.41, 5.74) is 4.35. The summed E-state index contributed by atoms with van der Waals surface area (Å²) in [6.07, 6.45) is 2.55. The maximum atomic E-state index is 12.9. The molecule has 0 spiro atoms. The highest BCUT2D eigenvalue weighted by Crippen LogP contribution is 2.24. The summed E-state index contributed by atoms with van der Waals surface area (Å²) in [5.74, 6) is 1.99. The van der Waals surface area contributed by atoms with Crippen LogP contribution >= 0.6 is 0 Å². The molecule has 0 saturated carbocycles. The highest BCUT2D eigenvalue weighted by Gasteiger charge is 2.18. The Hall–Kier alpha value is -4.26. The quantitative estimate of drug-likeness (QED) is 0.300. The molecule has 2 aromatic heterocycles. The summed E-state index contributed by atoms with van der Waals surface area (Å²) in [6, 6.07) is 19.0. The largest absolute Gasteiger partial charge is 0.497 e. The summed E-state index contributed by atoms with van der Waals surface area (Å²) < 4.78 is 18.8. The van der Waals surface area contributed by atoms with Crippen molar-refractivity contribution in [2.24, 2.45) is 0 Å². The second-order valence-electron chi connectivity index (χ2n) is 8.16. The fourth-order valence-electron chi connectivity index (χ4n) is 3.85. The molecular formula is C28H29N3O4. The number of carbonyl (C=O) groups excluding carboxylic acids is 1. The zero-order valence-corrected chi connectivity index (χ0v) is 20.2. The number of hydrogen-bond acceptors (Lipinski definition) is 5. The Morgan fingerprint density at radius 1 is 1.14 bits per heavy atom. The molecule has 1 N–H and O–H groups in total. The van der Waals surface area contributed by atoms with Crippen molar-refractivity contribution in [3.63, 3.8) is 0 Å². The Bertz CT molecular complexity index is 1340. The third-order valence-electron chi connectivity index (χ3n) is 5.68. The Kier molecular flexibility index (Phi) is 7.35. The van der Waals surface area contributed by atoms with Crippen LogP contribution in [0.1, 0.15) is 38.8 Å². The average Bonchev–Trinajstić information content (AvgIpc) is 3.44. The Morgan fingerprint density at radius 3 is 2.77 bits per heavy atom. The minimum absolute atomic E-state index is 0.210. The first-order valence-electron chi connectivity index (χ1n) is 11.4. The molecule has 0 saturated heterocycles. The number of allylic oxidation sites excluding steroid dienone is 1. The molecule has 2 aromatic carbocycles. The van der Waals surface area contributed by atoms with E-state index < -0.39 is 0 Å². The summed E-state index contributed by atoms with van der Waals surface area (Å²) in [6.45, 7) is 8.37. The maximum absolute atomic E-state index is 12.9. The molecule has 0 unspecified atom stereocenters. The van der Waals surface area contributed by atoms with Gasteiger partial charge in [0.15, 0.2) is 5.76 Å². The SMILES string of the molecule is C=CCc1ccccc1OCc1ccc(C(=O)Nc2c(C)nn(Cc3cccc(OC)c3)c2C)o1. The van der Waals surface area contributed by atoms with Crippen LogP contribution in [0.15, 0.2) is 77.7 Å². The highest BCUT2D eigenvalue weighted by atomic mass is 16.5. The van der Waals surface area contributed by atoms with Crippen LogP contribution in [0.3, 0.4) is 0 Å². The summed E-state index contributed by atoms with van der Waals surface area (Å²) >= 11 is 0. The second-order valence-corrected chi connectivity index (χ2v) is 8.16. The van der Waals surface area contributed by atoms with Crippen molar-refractivity contribution in [1.29, 1.82) is 0 Å². The first-order chi connectivity index (χ1) is 17.0. The fourth-order valence-corrected chi connectivity index (χ4v) is 3.85. The van der Waals surface area contributed by atoms with Gasteiger partial charge in [0.05, 0.1) is 30.7 Å². The van der Waals surface area contributed by atoms with Crippen LogP contribution in [0, 0.1) is 13.8 Å². The lowest BCUT2D eigenvalue weighted by atomic mass is 10.1. The number of ether oxygens (including phenoxy) is 2. The molecule has 180 valence electrons. The predicted molar refractivity (Wildman–Crippen MR) is 135 cm³/mol. The van der Waals surface area contributed by atoms with Gasteiger partial charge in [0, 0.05) is 0 Å². The third-order valence-corrected chi connectivity index (χ3v) is 5.68. The number of nitrogens with one attached hydrogen (secondary N) is 1. The van der Waals surface area contributed by atoms with E-state index >= 15 is 0 Å². The van der Waals surface area contributed by atoms with Gasteiger partial charge < -0.3 is 19.2 Å². The number of methoxy groups -OCH3 is 1. The smallest absolute Gasteiger partial charge is 0.291 e. The van der Waals surface area contributed by atoms with Gasteiger partial charge in [-0.1, -0.05) is 36.4 Å². The number of hydrogen-bond donors (Lipinski definition) is 1. The van der Waals surface area contributed by atoms with E-state index in [1.54, 1.807) is 19.2 Å².